The fourth-order valence-electron chi connectivity index (χ4n) is 3.51. The summed E-state index contributed by atoms with van der Waals surface area (Å²) >= 11 is 7.49. The van der Waals surface area contributed by atoms with Crippen molar-refractivity contribution in [2.45, 2.75) is 43.6 Å². The van der Waals surface area contributed by atoms with Crippen LogP contribution in [-0.4, -0.2) is 26.0 Å². The van der Waals surface area contributed by atoms with E-state index in [0.717, 1.165) is 34.6 Å². The second-order valence-electron chi connectivity index (χ2n) is 7.15. The molecule has 0 saturated carbocycles. The van der Waals surface area contributed by atoms with E-state index >= 15 is 0 Å². The van der Waals surface area contributed by atoms with Gasteiger partial charge in [0.15, 0.2) is 5.82 Å². The number of aryl methyl sites for hydroxylation is 3. The number of benzene rings is 2. The third-order valence-corrected chi connectivity index (χ3v) is 6.26. The Balaban J connectivity index is 1.67. The molecule has 150 valence electrons. The molecular formula is C21H22ClN5OS. The number of nitrogens with one attached hydrogen (secondary N) is 2. The predicted octanol–water partition coefficient (Wildman–Crippen LogP) is 4.51. The lowest BCUT2D eigenvalue weighted by molar-refractivity contribution is -0.116. The van der Waals surface area contributed by atoms with E-state index in [2.05, 4.69) is 27.0 Å². The SMILES string of the molecule is CCc1nnc2n1N[C@H](c1ccc(Cl)cc1)[C@@H](C(=O)Nc1cc(C)cc(C)c1)S2. The highest BCUT2D eigenvalue weighted by molar-refractivity contribution is 8.00. The normalized spacial score (nSPS) is 18.1. The minimum Gasteiger partial charge on any atom is -0.325 e. The number of carbonyl (C=O) groups excluding carboxylic acids is 1. The molecule has 2 atom stereocenters. The zero-order valence-corrected chi connectivity index (χ0v) is 18.0. The van der Waals surface area contributed by atoms with Crippen molar-refractivity contribution in [1.29, 1.82) is 0 Å². The third-order valence-electron chi connectivity index (χ3n) is 4.80. The Labute approximate surface area is 179 Å². The molecule has 2 aromatic carbocycles. The van der Waals surface area contributed by atoms with Crippen LogP contribution >= 0.6 is 23.4 Å². The monoisotopic (exact) mass is 427 g/mol. The number of thioether (sulfide) groups is 1. The van der Waals surface area contributed by atoms with Crippen LogP contribution in [0.25, 0.3) is 0 Å². The van der Waals surface area contributed by atoms with Gasteiger partial charge in [-0.15, -0.1) is 10.2 Å². The van der Waals surface area contributed by atoms with Crippen molar-refractivity contribution in [1.82, 2.24) is 14.9 Å². The van der Waals surface area contributed by atoms with Crippen molar-refractivity contribution in [2.24, 2.45) is 0 Å². The van der Waals surface area contributed by atoms with Crippen LogP contribution in [0.2, 0.25) is 5.02 Å². The summed E-state index contributed by atoms with van der Waals surface area (Å²) in [5, 5.41) is 12.5. The zero-order valence-electron chi connectivity index (χ0n) is 16.4. The summed E-state index contributed by atoms with van der Waals surface area (Å²) in [6.07, 6.45) is 0.743. The van der Waals surface area contributed by atoms with E-state index in [4.69, 9.17) is 11.6 Å². The van der Waals surface area contributed by atoms with Gasteiger partial charge in [0.1, 0.15) is 5.25 Å². The Bertz CT molecular complexity index is 1030. The first kappa shape index (κ1) is 19.8. The minimum atomic E-state index is -0.418. The Hall–Kier alpha value is -2.51. The number of aromatic nitrogens is 3. The van der Waals surface area contributed by atoms with Gasteiger partial charge in [0, 0.05) is 17.1 Å². The largest absolute Gasteiger partial charge is 0.325 e. The molecule has 0 spiro atoms. The Morgan fingerprint density at radius 3 is 2.52 bits per heavy atom. The van der Waals surface area contributed by atoms with Crippen LogP contribution in [0, 0.1) is 13.8 Å². The molecule has 1 aliphatic heterocycles. The number of amides is 1. The van der Waals surface area contributed by atoms with Gasteiger partial charge in [0.05, 0.1) is 6.04 Å². The van der Waals surface area contributed by atoms with Gasteiger partial charge in [0.2, 0.25) is 11.1 Å². The van der Waals surface area contributed by atoms with Crippen LogP contribution in [0.4, 0.5) is 5.69 Å². The summed E-state index contributed by atoms with van der Waals surface area (Å²) in [5.74, 6) is 0.749. The lowest BCUT2D eigenvalue weighted by atomic mass is 10.0. The second-order valence-corrected chi connectivity index (χ2v) is 8.70. The van der Waals surface area contributed by atoms with E-state index in [9.17, 15) is 4.79 Å². The van der Waals surface area contributed by atoms with Crippen molar-refractivity contribution < 1.29 is 4.79 Å². The number of halogens is 1. The smallest absolute Gasteiger partial charge is 0.240 e. The van der Waals surface area contributed by atoms with E-state index in [-0.39, 0.29) is 11.9 Å². The fourth-order valence-corrected chi connectivity index (χ4v) is 4.73. The van der Waals surface area contributed by atoms with E-state index < -0.39 is 5.25 Å². The molecule has 6 nitrogen and oxygen atoms in total. The van der Waals surface area contributed by atoms with Crippen molar-refractivity contribution >= 4 is 35.0 Å². The summed E-state index contributed by atoms with van der Waals surface area (Å²) < 4.78 is 1.88. The van der Waals surface area contributed by atoms with Gasteiger partial charge in [-0.25, -0.2) is 4.68 Å². The van der Waals surface area contributed by atoms with Crippen LogP contribution in [0.3, 0.4) is 0 Å². The summed E-state index contributed by atoms with van der Waals surface area (Å²) in [6.45, 7) is 6.06. The molecule has 0 bridgehead atoms. The maximum atomic E-state index is 13.3. The van der Waals surface area contributed by atoms with Gasteiger partial charge >= 0.3 is 0 Å². The molecule has 0 fully saturated rings. The molecule has 1 amide bonds. The molecule has 3 aromatic rings. The highest BCUT2D eigenvalue weighted by Gasteiger charge is 2.37. The molecule has 0 saturated heterocycles. The number of anilines is 1. The minimum absolute atomic E-state index is 0.0836. The summed E-state index contributed by atoms with van der Waals surface area (Å²) in [6, 6.07) is 13.3. The zero-order chi connectivity index (χ0) is 20.5. The average Bonchev–Trinajstić information content (AvgIpc) is 3.09. The van der Waals surface area contributed by atoms with Crippen molar-refractivity contribution in [3.63, 3.8) is 0 Å². The molecular weight excluding hydrogens is 406 g/mol. The second kappa shape index (κ2) is 8.08. The molecule has 8 heteroatoms. The van der Waals surface area contributed by atoms with Crippen molar-refractivity contribution in [3.8, 4) is 0 Å². The van der Waals surface area contributed by atoms with Gasteiger partial charge < -0.3 is 10.7 Å². The summed E-state index contributed by atoms with van der Waals surface area (Å²) in [7, 11) is 0. The van der Waals surface area contributed by atoms with Gasteiger partial charge in [0.25, 0.3) is 0 Å². The Morgan fingerprint density at radius 1 is 1.17 bits per heavy atom. The van der Waals surface area contributed by atoms with E-state index in [1.165, 1.54) is 11.8 Å². The van der Waals surface area contributed by atoms with Crippen LogP contribution in [-0.2, 0) is 11.2 Å². The average molecular weight is 428 g/mol. The van der Waals surface area contributed by atoms with Crippen LogP contribution in [0.5, 0.6) is 0 Å². The molecule has 1 aliphatic rings. The van der Waals surface area contributed by atoms with Gasteiger partial charge in [-0.05, 0) is 54.8 Å². The van der Waals surface area contributed by atoms with Crippen LogP contribution in [0.15, 0.2) is 47.6 Å². The number of fused-ring (bicyclic) bond motifs is 1. The quantitative estimate of drug-likeness (QED) is 0.641. The van der Waals surface area contributed by atoms with Crippen LogP contribution in [0.1, 0.15) is 35.5 Å². The molecule has 2 N–H and O–H groups in total. The molecule has 0 radical (unpaired) electrons. The number of carbonyl (C=O) groups is 1. The van der Waals surface area contributed by atoms with E-state index in [1.807, 2.05) is 61.8 Å². The lowest BCUT2D eigenvalue weighted by Crippen LogP contribution is -2.41. The first-order chi connectivity index (χ1) is 13.9. The topological polar surface area (TPSA) is 71.8 Å². The fraction of sp³-hybridized carbons (Fsp3) is 0.286. The molecule has 2 heterocycles. The Kier molecular flexibility index (Phi) is 5.52. The van der Waals surface area contributed by atoms with Crippen molar-refractivity contribution in [3.05, 3.63) is 70.0 Å². The number of hydrogen-bond acceptors (Lipinski definition) is 5. The Morgan fingerprint density at radius 2 is 1.86 bits per heavy atom. The van der Waals surface area contributed by atoms with E-state index in [1.54, 1.807) is 0 Å². The number of rotatable bonds is 4. The van der Waals surface area contributed by atoms with Gasteiger partial charge in [-0.1, -0.05) is 48.5 Å². The number of nitrogens with zero attached hydrogens (tertiary/aromatic N) is 3. The summed E-state index contributed by atoms with van der Waals surface area (Å²) in [5.41, 5.74) is 7.43. The van der Waals surface area contributed by atoms with Crippen LogP contribution < -0.4 is 10.7 Å². The van der Waals surface area contributed by atoms with Gasteiger partial charge in [-0.2, -0.15) is 0 Å². The number of hydrogen-bond donors (Lipinski definition) is 2. The summed E-state index contributed by atoms with van der Waals surface area (Å²) in [4.78, 5) is 13.3. The van der Waals surface area contributed by atoms with Gasteiger partial charge in [-0.3, -0.25) is 4.79 Å². The predicted molar refractivity (Wildman–Crippen MR) is 117 cm³/mol. The standard InChI is InChI=1S/C21H22ClN5OS/c1-4-17-24-25-21-27(17)26-18(14-5-7-15(22)8-6-14)19(29-21)20(28)23-16-10-12(2)9-13(3)11-16/h5-11,18-19,26H,4H2,1-3H3,(H,23,28)/t18-,19+/m1/s1. The maximum Gasteiger partial charge on any atom is 0.240 e. The molecule has 0 aliphatic carbocycles. The lowest BCUT2D eigenvalue weighted by Gasteiger charge is -2.33. The van der Waals surface area contributed by atoms with Crippen molar-refractivity contribution in [2.75, 3.05) is 10.7 Å². The molecule has 4 rings (SSSR count). The molecule has 1 aromatic heterocycles. The maximum absolute atomic E-state index is 13.3. The first-order valence-electron chi connectivity index (χ1n) is 9.46. The molecule has 29 heavy (non-hydrogen) atoms. The first-order valence-corrected chi connectivity index (χ1v) is 10.7. The highest BCUT2D eigenvalue weighted by Crippen LogP contribution is 2.38. The van der Waals surface area contributed by atoms with E-state index in [0.29, 0.717) is 10.2 Å². The highest BCUT2D eigenvalue weighted by atomic mass is 35.5. The molecule has 0 unspecified atom stereocenters. The third kappa shape index (κ3) is 4.11.